The summed E-state index contributed by atoms with van der Waals surface area (Å²) in [5.74, 6) is 0.598. The topological polar surface area (TPSA) is 52.6 Å². The molecule has 0 saturated carbocycles. The molecule has 0 unspecified atom stereocenters. The van der Waals surface area contributed by atoms with Crippen molar-refractivity contribution in [1.29, 1.82) is 0 Å². The minimum atomic E-state index is -0.199. The molecule has 0 aromatic heterocycles. The van der Waals surface area contributed by atoms with Crippen molar-refractivity contribution in [1.82, 2.24) is 0 Å². The molecule has 1 aromatic rings. The molecule has 0 bridgehead atoms. The van der Waals surface area contributed by atoms with Crippen LogP contribution in [0, 0.1) is 0 Å². The van der Waals surface area contributed by atoms with Gasteiger partial charge in [-0.15, -0.1) is 0 Å². The Balaban J connectivity index is 2.10. The molecule has 0 saturated heterocycles. The van der Waals surface area contributed by atoms with Crippen LogP contribution < -0.4 is 9.47 Å². The average Bonchev–Trinajstić information content (AvgIpc) is 2.78. The van der Waals surface area contributed by atoms with E-state index in [1.54, 1.807) is 24.3 Å². The fourth-order valence-corrected chi connectivity index (χ4v) is 3.75. The zero-order valence-corrected chi connectivity index (χ0v) is 20.7. The molecular weight excluding hydrogens is 400 g/mol. The number of carbonyl (C=O) groups is 2. The van der Waals surface area contributed by atoms with Gasteiger partial charge in [-0.2, -0.15) is 0 Å². The van der Waals surface area contributed by atoms with Gasteiger partial charge in [-0.25, -0.2) is 0 Å². The molecule has 4 heteroatoms. The Morgan fingerprint density at radius 3 is 1.09 bits per heavy atom. The molecule has 32 heavy (non-hydrogen) atoms. The summed E-state index contributed by atoms with van der Waals surface area (Å²) in [6.07, 6.45) is 20.1. The summed E-state index contributed by atoms with van der Waals surface area (Å²) in [5, 5.41) is 0. The summed E-state index contributed by atoms with van der Waals surface area (Å²) >= 11 is 0. The lowest BCUT2D eigenvalue weighted by atomic mass is 10.1. The van der Waals surface area contributed by atoms with Crippen LogP contribution in [0.3, 0.4) is 0 Å². The van der Waals surface area contributed by atoms with Crippen LogP contribution in [0.15, 0.2) is 24.3 Å². The summed E-state index contributed by atoms with van der Waals surface area (Å²) in [6, 6.07) is 6.74. The predicted molar refractivity (Wildman–Crippen MR) is 132 cm³/mol. The second-order valence-corrected chi connectivity index (χ2v) is 8.87. The van der Waals surface area contributed by atoms with E-state index in [4.69, 9.17) is 9.47 Å². The molecule has 0 aliphatic carbocycles. The number of ether oxygens (including phenoxy) is 2. The van der Waals surface area contributed by atoms with Gasteiger partial charge in [-0.1, -0.05) is 104 Å². The Kier molecular flexibility index (Phi) is 17.5. The van der Waals surface area contributed by atoms with Crippen molar-refractivity contribution < 1.29 is 19.1 Å². The van der Waals surface area contributed by atoms with E-state index in [9.17, 15) is 9.59 Å². The molecule has 0 spiro atoms. The third kappa shape index (κ3) is 15.9. The maximum atomic E-state index is 12.0. The Morgan fingerprint density at radius 1 is 0.500 bits per heavy atom. The molecule has 1 aromatic carbocycles. The van der Waals surface area contributed by atoms with Crippen molar-refractivity contribution in [3.05, 3.63) is 24.3 Å². The van der Waals surface area contributed by atoms with Gasteiger partial charge in [0.25, 0.3) is 0 Å². The van der Waals surface area contributed by atoms with Gasteiger partial charge < -0.3 is 9.47 Å². The molecule has 182 valence electrons. The van der Waals surface area contributed by atoms with E-state index < -0.39 is 0 Å². The summed E-state index contributed by atoms with van der Waals surface area (Å²) in [5.41, 5.74) is 0. The lowest BCUT2D eigenvalue weighted by molar-refractivity contribution is -0.135. The van der Waals surface area contributed by atoms with Crippen LogP contribution in [0.25, 0.3) is 0 Å². The average molecular weight is 447 g/mol. The van der Waals surface area contributed by atoms with Gasteiger partial charge in [-0.3, -0.25) is 9.59 Å². The van der Waals surface area contributed by atoms with Crippen molar-refractivity contribution in [2.75, 3.05) is 0 Å². The number of hydrogen-bond acceptors (Lipinski definition) is 4. The number of benzene rings is 1. The molecule has 0 radical (unpaired) electrons. The third-order valence-corrected chi connectivity index (χ3v) is 5.76. The molecule has 0 atom stereocenters. The number of unbranched alkanes of at least 4 members (excludes halogenated alkanes) is 14. The van der Waals surface area contributed by atoms with Crippen molar-refractivity contribution >= 4 is 11.9 Å². The van der Waals surface area contributed by atoms with Gasteiger partial charge in [0.15, 0.2) is 0 Å². The molecule has 0 amide bonds. The van der Waals surface area contributed by atoms with E-state index in [1.165, 1.54) is 77.0 Å². The molecule has 0 N–H and O–H groups in total. The molecule has 4 nitrogen and oxygen atoms in total. The first-order valence-electron chi connectivity index (χ1n) is 13.2. The largest absolute Gasteiger partial charge is 0.427 e. The summed E-state index contributed by atoms with van der Waals surface area (Å²) in [6.45, 7) is 4.45. The Bertz CT molecular complexity index is 541. The van der Waals surface area contributed by atoms with E-state index >= 15 is 0 Å². The number of esters is 2. The van der Waals surface area contributed by atoms with E-state index in [0.29, 0.717) is 24.3 Å². The highest BCUT2D eigenvalue weighted by atomic mass is 16.5. The van der Waals surface area contributed by atoms with Crippen molar-refractivity contribution in [2.45, 2.75) is 129 Å². The van der Waals surface area contributed by atoms with Gasteiger partial charge >= 0.3 is 11.9 Å². The van der Waals surface area contributed by atoms with Gasteiger partial charge in [-0.05, 0) is 37.1 Å². The minimum absolute atomic E-state index is 0.199. The first-order valence-corrected chi connectivity index (χ1v) is 13.2. The van der Waals surface area contributed by atoms with Crippen molar-refractivity contribution in [2.24, 2.45) is 0 Å². The summed E-state index contributed by atoms with van der Waals surface area (Å²) in [7, 11) is 0. The van der Waals surface area contributed by atoms with Gasteiger partial charge in [0, 0.05) is 12.8 Å². The number of rotatable bonds is 20. The fourth-order valence-electron chi connectivity index (χ4n) is 3.75. The van der Waals surface area contributed by atoms with Crippen LogP contribution in [-0.2, 0) is 9.59 Å². The van der Waals surface area contributed by atoms with Crippen molar-refractivity contribution in [3.8, 4) is 11.5 Å². The van der Waals surface area contributed by atoms with E-state index in [-0.39, 0.29) is 11.9 Å². The zero-order valence-electron chi connectivity index (χ0n) is 20.7. The highest BCUT2D eigenvalue weighted by Gasteiger charge is 2.08. The summed E-state index contributed by atoms with van der Waals surface area (Å²) in [4.78, 5) is 24.0. The lowest BCUT2D eigenvalue weighted by Gasteiger charge is -2.07. The smallest absolute Gasteiger partial charge is 0.311 e. The normalized spacial score (nSPS) is 10.8. The lowest BCUT2D eigenvalue weighted by Crippen LogP contribution is -2.09. The van der Waals surface area contributed by atoms with Gasteiger partial charge in [0.05, 0.1) is 0 Å². The molecule has 0 aliphatic heterocycles. The maximum Gasteiger partial charge on any atom is 0.311 e. The highest BCUT2D eigenvalue weighted by Crippen LogP contribution is 2.19. The molecular formula is C28H46O4. The maximum absolute atomic E-state index is 12.0. The number of carbonyl (C=O) groups excluding carboxylic acids is 2. The first-order chi connectivity index (χ1) is 15.7. The molecule has 1 rings (SSSR count). The van der Waals surface area contributed by atoms with Crippen LogP contribution in [0.2, 0.25) is 0 Å². The van der Waals surface area contributed by atoms with Crippen molar-refractivity contribution in [3.63, 3.8) is 0 Å². The second-order valence-electron chi connectivity index (χ2n) is 8.87. The molecule has 0 heterocycles. The quantitative estimate of drug-likeness (QED) is 0.114. The van der Waals surface area contributed by atoms with Crippen LogP contribution in [0.4, 0.5) is 0 Å². The zero-order chi connectivity index (χ0) is 23.3. The number of hydrogen-bond donors (Lipinski definition) is 0. The van der Waals surface area contributed by atoms with E-state index in [0.717, 1.165) is 25.7 Å². The standard InChI is InChI=1S/C28H46O4/c1-3-5-7-9-11-13-15-17-19-27(29)31-25-21-23-26(24-22-25)32-28(30)20-18-16-14-12-10-8-6-4-2/h21-24H,3-20H2,1-2H3. The molecule has 0 aliphatic rings. The third-order valence-electron chi connectivity index (χ3n) is 5.76. The van der Waals surface area contributed by atoms with Crippen LogP contribution in [0.1, 0.15) is 129 Å². The van der Waals surface area contributed by atoms with Crippen LogP contribution in [-0.4, -0.2) is 11.9 Å². The highest BCUT2D eigenvalue weighted by molar-refractivity contribution is 5.73. The minimum Gasteiger partial charge on any atom is -0.427 e. The first kappa shape index (κ1) is 28.2. The van der Waals surface area contributed by atoms with E-state index in [1.807, 2.05) is 0 Å². The monoisotopic (exact) mass is 446 g/mol. The van der Waals surface area contributed by atoms with Gasteiger partial charge in [0.2, 0.25) is 0 Å². The fraction of sp³-hybridized carbons (Fsp3) is 0.714. The predicted octanol–water partition coefficient (Wildman–Crippen LogP) is 8.56. The Morgan fingerprint density at radius 2 is 0.781 bits per heavy atom. The van der Waals surface area contributed by atoms with Crippen LogP contribution >= 0.6 is 0 Å². The summed E-state index contributed by atoms with van der Waals surface area (Å²) < 4.78 is 10.8. The molecule has 0 fully saturated rings. The van der Waals surface area contributed by atoms with E-state index in [2.05, 4.69) is 13.8 Å². The SMILES string of the molecule is CCCCCCCCCCC(=O)Oc1ccc(OC(=O)CCCCCCCCCC)cc1. The van der Waals surface area contributed by atoms with Crippen LogP contribution in [0.5, 0.6) is 11.5 Å². The van der Waals surface area contributed by atoms with Gasteiger partial charge in [0.1, 0.15) is 11.5 Å². The Hall–Kier alpha value is -1.84. The Labute approximate surface area is 196 Å². The second kappa shape index (κ2) is 19.8.